The summed E-state index contributed by atoms with van der Waals surface area (Å²) in [5.74, 6) is 6.48. The minimum absolute atomic E-state index is 0.850. The van der Waals surface area contributed by atoms with E-state index >= 15 is 0 Å². The van der Waals surface area contributed by atoms with Crippen LogP contribution in [0.3, 0.4) is 0 Å². The minimum atomic E-state index is 0.850. The van der Waals surface area contributed by atoms with Crippen molar-refractivity contribution >= 4 is 0 Å². The van der Waals surface area contributed by atoms with Crippen molar-refractivity contribution < 1.29 is 0 Å². The lowest BCUT2D eigenvalue weighted by molar-refractivity contribution is 0.603. The van der Waals surface area contributed by atoms with Crippen LogP contribution in [0, 0.1) is 11.8 Å². The Morgan fingerprint density at radius 1 is 0.733 bits per heavy atom. The van der Waals surface area contributed by atoms with Crippen molar-refractivity contribution in [3.63, 3.8) is 0 Å². The zero-order chi connectivity index (χ0) is 11.2. The van der Waals surface area contributed by atoms with Crippen molar-refractivity contribution in [3.8, 4) is 11.8 Å². The van der Waals surface area contributed by atoms with Crippen LogP contribution >= 0.6 is 0 Å². The highest BCUT2D eigenvalue weighted by molar-refractivity contribution is 4.98. The van der Waals surface area contributed by atoms with E-state index in [-0.39, 0.29) is 0 Å². The lowest BCUT2D eigenvalue weighted by Crippen LogP contribution is -1.97. The Balaban J connectivity index is 2.99. The van der Waals surface area contributed by atoms with E-state index in [1.807, 2.05) is 0 Å². The van der Waals surface area contributed by atoms with E-state index in [0.717, 1.165) is 19.4 Å². The largest absolute Gasteiger partial charge is 0.330 e. The zero-order valence-electron chi connectivity index (χ0n) is 10.4. The van der Waals surface area contributed by atoms with Crippen LogP contribution in [0.5, 0.6) is 0 Å². The van der Waals surface area contributed by atoms with Crippen LogP contribution < -0.4 is 5.73 Å². The molecular formula is C14H27N. The molecule has 0 fully saturated rings. The molecule has 0 aromatic rings. The maximum Gasteiger partial charge on any atom is 0.00886 e. The summed E-state index contributed by atoms with van der Waals surface area (Å²) in [7, 11) is 0. The van der Waals surface area contributed by atoms with E-state index in [0.29, 0.717) is 0 Å². The summed E-state index contributed by atoms with van der Waals surface area (Å²) in [4.78, 5) is 0. The molecule has 0 radical (unpaired) electrons. The molecule has 1 heteroatoms. The maximum atomic E-state index is 5.43. The monoisotopic (exact) mass is 209 g/mol. The molecule has 0 amide bonds. The third-order valence-electron chi connectivity index (χ3n) is 2.54. The molecule has 0 spiro atoms. The summed E-state index contributed by atoms with van der Waals surface area (Å²) in [6, 6.07) is 0. The van der Waals surface area contributed by atoms with Crippen LogP contribution in [-0.4, -0.2) is 6.54 Å². The number of unbranched alkanes of at least 4 members (excludes halogenated alkanes) is 8. The molecule has 0 saturated carbocycles. The Morgan fingerprint density at radius 3 is 1.87 bits per heavy atom. The van der Waals surface area contributed by atoms with E-state index in [1.165, 1.54) is 51.4 Å². The summed E-state index contributed by atoms with van der Waals surface area (Å²) in [5.41, 5.74) is 5.43. The van der Waals surface area contributed by atoms with Gasteiger partial charge in [0, 0.05) is 12.8 Å². The van der Waals surface area contributed by atoms with E-state index in [1.54, 1.807) is 0 Å². The van der Waals surface area contributed by atoms with Crippen LogP contribution in [-0.2, 0) is 0 Å². The predicted octanol–water partition coefficient (Wildman–Crippen LogP) is 3.87. The van der Waals surface area contributed by atoms with Gasteiger partial charge in [-0.1, -0.05) is 39.0 Å². The molecule has 1 nitrogen and oxygen atoms in total. The van der Waals surface area contributed by atoms with Gasteiger partial charge in [0.05, 0.1) is 0 Å². The van der Waals surface area contributed by atoms with E-state index < -0.39 is 0 Å². The van der Waals surface area contributed by atoms with Gasteiger partial charge in [-0.15, -0.1) is 11.8 Å². The Hall–Kier alpha value is -0.480. The highest BCUT2D eigenvalue weighted by Crippen LogP contribution is 2.06. The Morgan fingerprint density at radius 2 is 1.27 bits per heavy atom. The van der Waals surface area contributed by atoms with E-state index in [4.69, 9.17) is 5.73 Å². The number of hydrogen-bond donors (Lipinski definition) is 1. The van der Waals surface area contributed by atoms with E-state index in [9.17, 15) is 0 Å². The average molecular weight is 209 g/mol. The van der Waals surface area contributed by atoms with Gasteiger partial charge in [0.1, 0.15) is 0 Å². The van der Waals surface area contributed by atoms with Gasteiger partial charge in [0.25, 0.3) is 0 Å². The summed E-state index contributed by atoms with van der Waals surface area (Å²) < 4.78 is 0. The second-order valence-electron chi connectivity index (χ2n) is 4.12. The van der Waals surface area contributed by atoms with E-state index in [2.05, 4.69) is 18.8 Å². The average Bonchev–Trinajstić information content (AvgIpc) is 2.26. The lowest BCUT2D eigenvalue weighted by Gasteiger charge is -1.97. The van der Waals surface area contributed by atoms with Gasteiger partial charge in [-0.3, -0.25) is 0 Å². The molecular weight excluding hydrogens is 182 g/mol. The SMILES string of the molecule is CCCCC#CCCCCCCCCN. The first-order valence-corrected chi connectivity index (χ1v) is 6.57. The molecule has 0 aliphatic heterocycles. The molecule has 0 aliphatic rings. The first-order chi connectivity index (χ1) is 7.41. The highest BCUT2D eigenvalue weighted by atomic mass is 14.5. The van der Waals surface area contributed by atoms with Gasteiger partial charge in [0.2, 0.25) is 0 Å². The second-order valence-corrected chi connectivity index (χ2v) is 4.12. The van der Waals surface area contributed by atoms with Crippen molar-refractivity contribution in [1.82, 2.24) is 0 Å². The molecule has 2 N–H and O–H groups in total. The Labute approximate surface area is 95.8 Å². The maximum absolute atomic E-state index is 5.43. The molecule has 0 bridgehead atoms. The molecule has 0 unspecified atom stereocenters. The summed E-state index contributed by atoms with van der Waals surface area (Å²) in [5, 5.41) is 0. The molecule has 0 aromatic heterocycles. The van der Waals surface area contributed by atoms with Crippen molar-refractivity contribution in [1.29, 1.82) is 0 Å². The molecule has 15 heavy (non-hydrogen) atoms. The Kier molecular flexibility index (Phi) is 13.1. The van der Waals surface area contributed by atoms with Gasteiger partial charge >= 0.3 is 0 Å². The third-order valence-corrected chi connectivity index (χ3v) is 2.54. The smallest absolute Gasteiger partial charge is 0.00886 e. The Bertz CT molecular complexity index is 164. The molecule has 0 saturated heterocycles. The normalized spacial score (nSPS) is 9.73. The van der Waals surface area contributed by atoms with Crippen LogP contribution in [0.15, 0.2) is 0 Å². The van der Waals surface area contributed by atoms with Crippen LogP contribution in [0.1, 0.15) is 71.1 Å². The quantitative estimate of drug-likeness (QED) is 0.453. The van der Waals surface area contributed by atoms with Crippen molar-refractivity contribution in [2.75, 3.05) is 6.54 Å². The fourth-order valence-corrected chi connectivity index (χ4v) is 1.51. The van der Waals surface area contributed by atoms with Gasteiger partial charge in [-0.25, -0.2) is 0 Å². The third kappa shape index (κ3) is 13.5. The molecule has 0 rings (SSSR count). The lowest BCUT2D eigenvalue weighted by atomic mass is 10.1. The molecule has 0 aliphatic carbocycles. The molecule has 0 heterocycles. The fourth-order valence-electron chi connectivity index (χ4n) is 1.51. The molecule has 88 valence electrons. The zero-order valence-corrected chi connectivity index (χ0v) is 10.4. The number of hydrogen-bond acceptors (Lipinski definition) is 1. The number of nitrogens with two attached hydrogens (primary N) is 1. The van der Waals surface area contributed by atoms with Crippen LogP contribution in [0.25, 0.3) is 0 Å². The summed E-state index contributed by atoms with van der Waals surface area (Å²) in [6.07, 6.45) is 12.5. The van der Waals surface area contributed by atoms with Crippen molar-refractivity contribution in [2.45, 2.75) is 71.1 Å². The van der Waals surface area contributed by atoms with Crippen molar-refractivity contribution in [3.05, 3.63) is 0 Å². The standard InChI is InChI=1S/C14H27N/c1-2-3-4-5-6-7-8-9-10-11-12-13-14-15/h2-4,7-15H2,1H3. The van der Waals surface area contributed by atoms with Crippen molar-refractivity contribution in [2.24, 2.45) is 5.73 Å². The molecule has 0 aromatic carbocycles. The van der Waals surface area contributed by atoms with Crippen LogP contribution in [0.2, 0.25) is 0 Å². The van der Waals surface area contributed by atoms with Crippen LogP contribution in [0.4, 0.5) is 0 Å². The number of rotatable bonds is 9. The fraction of sp³-hybridized carbons (Fsp3) is 0.857. The van der Waals surface area contributed by atoms with Gasteiger partial charge in [-0.05, 0) is 25.8 Å². The predicted molar refractivity (Wildman–Crippen MR) is 68.7 cm³/mol. The first-order valence-electron chi connectivity index (χ1n) is 6.57. The topological polar surface area (TPSA) is 26.0 Å². The minimum Gasteiger partial charge on any atom is -0.330 e. The summed E-state index contributed by atoms with van der Waals surface area (Å²) in [6.45, 7) is 3.06. The van der Waals surface area contributed by atoms with Gasteiger partial charge in [0.15, 0.2) is 0 Å². The van der Waals surface area contributed by atoms with Gasteiger partial charge < -0.3 is 5.73 Å². The summed E-state index contributed by atoms with van der Waals surface area (Å²) >= 11 is 0. The first kappa shape index (κ1) is 14.5. The van der Waals surface area contributed by atoms with Gasteiger partial charge in [-0.2, -0.15) is 0 Å². The molecule has 0 atom stereocenters. The second kappa shape index (κ2) is 13.5. The highest BCUT2D eigenvalue weighted by Gasteiger charge is 1.89.